The molecule has 0 aliphatic carbocycles. The van der Waals surface area contributed by atoms with E-state index >= 15 is 0 Å². The molecule has 0 saturated heterocycles. The zero-order valence-corrected chi connectivity index (χ0v) is 13.6. The molecule has 0 aliphatic rings. The van der Waals surface area contributed by atoms with Crippen LogP contribution in [0.4, 0.5) is 21.5 Å². The molecule has 0 bridgehead atoms. The molecule has 2 N–H and O–H groups in total. The minimum Gasteiger partial charge on any atom is -0.497 e. The second-order valence-electron chi connectivity index (χ2n) is 5.40. The Labute approximate surface area is 145 Å². The Morgan fingerprint density at radius 2 is 1.48 bits per heavy atom. The third-order valence-electron chi connectivity index (χ3n) is 3.61. The van der Waals surface area contributed by atoms with E-state index in [4.69, 9.17) is 4.74 Å². The lowest BCUT2D eigenvalue weighted by Crippen LogP contribution is -2.11. The fourth-order valence-corrected chi connectivity index (χ4v) is 2.30. The van der Waals surface area contributed by atoms with Crippen molar-refractivity contribution < 1.29 is 13.9 Å². The summed E-state index contributed by atoms with van der Waals surface area (Å²) < 4.78 is 18.0. The Bertz CT molecular complexity index is 862. The molecule has 5 heteroatoms. The minimum atomic E-state index is -0.277. The topological polar surface area (TPSA) is 50.4 Å². The van der Waals surface area contributed by atoms with E-state index in [2.05, 4.69) is 10.6 Å². The molecule has 0 saturated carbocycles. The first kappa shape index (κ1) is 16.5. The van der Waals surface area contributed by atoms with Crippen molar-refractivity contribution in [3.63, 3.8) is 0 Å². The van der Waals surface area contributed by atoms with E-state index in [0.29, 0.717) is 17.0 Å². The number of rotatable bonds is 5. The summed E-state index contributed by atoms with van der Waals surface area (Å²) in [5.74, 6) is 0.144. The van der Waals surface area contributed by atoms with Crippen LogP contribution in [-0.2, 0) is 0 Å². The second-order valence-corrected chi connectivity index (χ2v) is 5.40. The van der Waals surface area contributed by atoms with Gasteiger partial charge in [-0.25, -0.2) is 4.39 Å². The molecule has 1 amide bonds. The molecule has 0 unspecified atom stereocenters. The third-order valence-corrected chi connectivity index (χ3v) is 3.61. The normalized spacial score (nSPS) is 10.2. The van der Waals surface area contributed by atoms with Gasteiger partial charge in [-0.05, 0) is 66.7 Å². The van der Waals surface area contributed by atoms with Crippen LogP contribution in [0.2, 0.25) is 0 Å². The van der Waals surface area contributed by atoms with Gasteiger partial charge in [0.1, 0.15) is 11.6 Å². The van der Waals surface area contributed by atoms with Crippen molar-refractivity contribution in [2.75, 3.05) is 17.7 Å². The van der Waals surface area contributed by atoms with Gasteiger partial charge < -0.3 is 15.4 Å². The van der Waals surface area contributed by atoms with Gasteiger partial charge in [-0.1, -0.05) is 6.07 Å². The standard InChI is InChI=1S/C20H17FN2O2/c1-25-19-4-2-3-14(13-19)20(24)23-18-11-9-17(10-12-18)22-16-7-5-15(21)6-8-16/h2-13,22H,1H3,(H,23,24). The summed E-state index contributed by atoms with van der Waals surface area (Å²) in [6.07, 6.45) is 0. The van der Waals surface area contributed by atoms with Crippen LogP contribution in [0.5, 0.6) is 5.75 Å². The average Bonchev–Trinajstić information content (AvgIpc) is 2.65. The number of benzene rings is 3. The molecule has 126 valence electrons. The molecule has 3 aromatic carbocycles. The molecule has 0 atom stereocenters. The van der Waals surface area contributed by atoms with E-state index in [-0.39, 0.29) is 11.7 Å². The quantitative estimate of drug-likeness (QED) is 0.701. The fourth-order valence-electron chi connectivity index (χ4n) is 2.30. The van der Waals surface area contributed by atoms with Crippen LogP contribution in [0.25, 0.3) is 0 Å². The Kier molecular flexibility index (Phi) is 4.95. The van der Waals surface area contributed by atoms with Gasteiger partial charge in [0, 0.05) is 22.6 Å². The monoisotopic (exact) mass is 336 g/mol. The number of nitrogens with one attached hydrogen (secondary N) is 2. The lowest BCUT2D eigenvalue weighted by atomic mass is 10.2. The molecule has 0 aliphatic heterocycles. The lowest BCUT2D eigenvalue weighted by Gasteiger charge is -2.09. The van der Waals surface area contributed by atoms with Crippen molar-refractivity contribution in [2.45, 2.75) is 0 Å². The predicted molar refractivity (Wildman–Crippen MR) is 97.1 cm³/mol. The molecule has 3 rings (SSSR count). The number of carbonyl (C=O) groups excluding carboxylic acids is 1. The van der Waals surface area contributed by atoms with Crippen LogP contribution in [0.15, 0.2) is 72.8 Å². The summed E-state index contributed by atoms with van der Waals surface area (Å²) in [6.45, 7) is 0. The predicted octanol–water partition coefficient (Wildman–Crippen LogP) is 4.83. The van der Waals surface area contributed by atoms with Crippen molar-refractivity contribution in [2.24, 2.45) is 0 Å². The van der Waals surface area contributed by atoms with Crippen LogP contribution < -0.4 is 15.4 Å². The highest BCUT2D eigenvalue weighted by molar-refractivity contribution is 6.04. The maximum Gasteiger partial charge on any atom is 0.255 e. The maximum absolute atomic E-state index is 12.9. The summed E-state index contributed by atoms with van der Waals surface area (Å²) >= 11 is 0. The zero-order chi connectivity index (χ0) is 17.6. The van der Waals surface area contributed by atoms with E-state index in [1.54, 1.807) is 55.6 Å². The van der Waals surface area contributed by atoms with E-state index in [1.807, 2.05) is 12.1 Å². The van der Waals surface area contributed by atoms with Gasteiger partial charge in [0.05, 0.1) is 7.11 Å². The van der Waals surface area contributed by atoms with Gasteiger partial charge in [0.15, 0.2) is 0 Å². The number of methoxy groups -OCH3 is 1. The van der Waals surface area contributed by atoms with Gasteiger partial charge in [-0.3, -0.25) is 4.79 Å². The number of hydrogen-bond donors (Lipinski definition) is 2. The van der Waals surface area contributed by atoms with Crippen LogP contribution in [0.1, 0.15) is 10.4 Å². The van der Waals surface area contributed by atoms with Gasteiger partial charge in [0.25, 0.3) is 5.91 Å². The average molecular weight is 336 g/mol. The summed E-state index contributed by atoms with van der Waals surface area (Å²) in [7, 11) is 1.56. The van der Waals surface area contributed by atoms with Crippen LogP contribution in [-0.4, -0.2) is 13.0 Å². The molecule has 0 radical (unpaired) electrons. The second kappa shape index (κ2) is 7.49. The number of carbonyl (C=O) groups is 1. The van der Waals surface area contributed by atoms with Gasteiger partial charge in [0.2, 0.25) is 0 Å². The number of anilines is 3. The molecule has 0 heterocycles. The first-order valence-corrected chi connectivity index (χ1v) is 7.72. The van der Waals surface area contributed by atoms with Crippen LogP contribution >= 0.6 is 0 Å². The molecule has 25 heavy (non-hydrogen) atoms. The zero-order valence-electron chi connectivity index (χ0n) is 13.6. The molecule has 3 aromatic rings. The van der Waals surface area contributed by atoms with Crippen molar-refractivity contribution in [1.82, 2.24) is 0 Å². The molecular formula is C20H17FN2O2. The van der Waals surface area contributed by atoms with E-state index < -0.39 is 0 Å². The first-order valence-electron chi connectivity index (χ1n) is 7.72. The number of ether oxygens (including phenoxy) is 1. The number of amides is 1. The first-order chi connectivity index (χ1) is 12.1. The highest BCUT2D eigenvalue weighted by Gasteiger charge is 2.07. The van der Waals surface area contributed by atoms with E-state index in [1.165, 1.54) is 12.1 Å². The van der Waals surface area contributed by atoms with E-state index in [0.717, 1.165) is 11.4 Å². The Morgan fingerprint density at radius 3 is 2.12 bits per heavy atom. The van der Waals surface area contributed by atoms with Crippen molar-refractivity contribution in [3.05, 3.63) is 84.2 Å². The lowest BCUT2D eigenvalue weighted by molar-refractivity contribution is 0.102. The highest BCUT2D eigenvalue weighted by Crippen LogP contribution is 2.20. The molecule has 0 aromatic heterocycles. The maximum atomic E-state index is 12.9. The molecular weight excluding hydrogens is 319 g/mol. The van der Waals surface area contributed by atoms with Crippen molar-refractivity contribution in [3.8, 4) is 5.75 Å². The minimum absolute atomic E-state index is 0.210. The highest BCUT2D eigenvalue weighted by atomic mass is 19.1. The summed E-state index contributed by atoms with van der Waals surface area (Å²) in [5, 5.41) is 6.00. The van der Waals surface area contributed by atoms with E-state index in [9.17, 15) is 9.18 Å². The summed E-state index contributed by atoms with van der Waals surface area (Å²) in [6, 6.07) is 20.3. The Balaban J connectivity index is 1.65. The number of hydrogen-bond acceptors (Lipinski definition) is 3. The Hall–Kier alpha value is -3.34. The van der Waals surface area contributed by atoms with Crippen molar-refractivity contribution in [1.29, 1.82) is 0 Å². The SMILES string of the molecule is COc1cccc(C(=O)Nc2ccc(Nc3ccc(F)cc3)cc2)c1. The van der Waals surface area contributed by atoms with Crippen molar-refractivity contribution >= 4 is 23.0 Å². The molecule has 0 spiro atoms. The molecule has 4 nitrogen and oxygen atoms in total. The largest absolute Gasteiger partial charge is 0.497 e. The molecule has 0 fully saturated rings. The fraction of sp³-hybridized carbons (Fsp3) is 0.0500. The summed E-state index contributed by atoms with van der Waals surface area (Å²) in [4.78, 5) is 12.3. The van der Waals surface area contributed by atoms with Gasteiger partial charge in [-0.2, -0.15) is 0 Å². The van der Waals surface area contributed by atoms with Gasteiger partial charge in [-0.15, -0.1) is 0 Å². The smallest absolute Gasteiger partial charge is 0.255 e. The van der Waals surface area contributed by atoms with Gasteiger partial charge >= 0.3 is 0 Å². The third kappa shape index (κ3) is 4.35. The number of halogens is 1. The van der Waals surface area contributed by atoms with Crippen LogP contribution in [0.3, 0.4) is 0 Å². The van der Waals surface area contributed by atoms with Crippen LogP contribution in [0, 0.1) is 5.82 Å². The summed E-state index contributed by atoms with van der Waals surface area (Å²) in [5.41, 5.74) is 2.82. The Morgan fingerprint density at radius 1 is 0.880 bits per heavy atom.